The molecule has 0 atom stereocenters. The quantitative estimate of drug-likeness (QED) is 0.628. The predicted molar refractivity (Wildman–Crippen MR) is 87.1 cm³/mol. The minimum absolute atomic E-state index is 0.0414. The van der Waals surface area contributed by atoms with Gasteiger partial charge in [-0.1, -0.05) is 19.9 Å². The number of hydrogen-bond acceptors (Lipinski definition) is 5. The lowest BCUT2D eigenvalue weighted by Crippen LogP contribution is -2.56. The van der Waals surface area contributed by atoms with Gasteiger partial charge in [0, 0.05) is 19.2 Å². The van der Waals surface area contributed by atoms with E-state index in [0.29, 0.717) is 31.6 Å². The number of sulfone groups is 1. The number of aryl methyl sites for hydroxylation is 1. The lowest BCUT2D eigenvalue weighted by atomic mass is 10.0. The van der Waals surface area contributed by atoms with Crippen molar-refractivity contribution in [2.45, 2.75) is 38.4 Å². The molecule has 1 saturated heterocycles. The number of nitro groups is 1. The molecule has 0 aromatic heterocycles. The highest BCUT2D eigenvalue weighted by atomic mass is 32.2. The topological polar surface area (TPSA) is 80.5 Å². The molecular weight excluding hydrogens is 304 g/mol. The molecule has 122 valence electrons. The van der Waals surface area contributed by atoms with Gasteiger partial charge in [0.2, 0.25) is 0 Å². The maximum absolute atomic E-state index is 12.5. The first-order valence-electron chi connectivity index (χ1n) is 7.48. The van der Waals surface area contributed by atoms with Gasteiger partial charge in [0.05, 0.1) is 15.4 Å². The summed E-state index contributed by atoms with van der Waals surface area (Å²) in [6, 6.07) is 5.09. The minimum Gasteiger partial charge on any atom is -0.363 e. The first-order chi connectivity index (χ1) is 10.3. The molecule has 1 aliphatic heterocycles. The molecule has 1 aromatic carbocycles. The monoisotopic (exact) mass is 326 g/mol. The van der Waals surface area contributed by atoms with Gasteiger partial charge in [-0.15, -0.1) is 0 Å². The average molecular weight is 326 g/mol. The highest BCUT2D eigenvalue weighted by Gasteiger charge is 2.46. The molecule has 0 saturated carbocycles. The van der Waals surface area contributed by atoms with Crippen molar-refractivity contribution in [2.75, 3.05) is 23.7 Å². The smallest absolute Gasteiger partial charge is 0.292 e. The maximum atomic E-state index is 12.5. The summed E-state index contributed by atoms with van der Waals surface area (Å²) in [5.74, 6) is 0.0414. The third-order valence-electron chi connectivity index (χ3n) is 4.73. The SMILES string of the molecule is CCC1(CC)CN(c2ccc(C)cc2[N+](=O)[O-])CCS1(=O)=O. The molecule has 0 radical (unpaired) electrons. The zero-order chi connectivity index (χ0) is 16.5. The van der Waals surface area contributed by atoms with Gasteiger partial charge in [-0.2, -0.15) is 0 Å². The van der Waals surface area contributed by atoms with Crippen LogP contribution in [0.2, 0.25) is 0 Å². The number of nitrogens with zero attached hydrogens (tertiary/aromatic N) is 2. The average Bonchev–Trinajstić information content (AvgIpc) is 2.47. The molecule has 7 heteroatoms. The van der Waals surface area contributed by atoms with Crippen molar-refractivity contribution in [1.29, 1.82) is 0 Å². The molecule has 2 rings (SSSR count). The van der Waals surface area contributed by atoms with Crippen LogP contribution >= 0.6 is 0 Å². The largest absolute Gasteiger partial charge is 0.363 e. The molecule has 0 spiro atoms. The van der Waals surface area contributed by atoms with Crippen molar-refractivity contribution in [3.63, 3.8) is 0 Å². The predicted octanol–water partition coefficient (Wildman–Crippen LogP) is 2.70. The van der Waals surface area contributed by atoms with Gasteiger partial charge in [-0.25, -0.2) is 8.42 Å². The molecule has 1 fully saturated rings. The molecule has 0 N–H and O–H groups in total. The van der Waals surface area contributed by atoms with Crippen molar-refractivity contribution in [1.82, 2.24) is 0 Å². The number of rotatable bonds is 4. The number of nitro benzene ring substituents is 1. The van der Waals surface area contributed by atoms with Crippen LogP contribution in [-0.2, 0) is 9.84 Å². The van der Waals surface area contributed by atoms with E-state index in [1.807, 2.05) is 24.8 Å². The van der Waals surface area contributed by atoms with Crippen LogP contribution in [0.15, 0.2) is 18.2 Å². The summed E-state index contributed by atoms with van der Waals surface area (Å²) in [7, 11) is -3.18. The highest BCUT2D eigenvalue weighted by molar-refractivity contribution is 7.92. The maximum Gasteiger partial charge on any atom is 0.292 e. The Morgan fingerprint density at radius 1 is 1.32 bits per heavy atom. The zero-order valence-electron chi connectivity index (χ0n) is 13.2. The van der Waals surface area contributed by atoms with Gasteiger partial charge in [-0.3, -0.25) is 10.1 Å². The Balaban J connectivity index is 2.46. The van der Waals surface area contributed by atoms with E-state index in [-0.39, 0.29) is 11.4 Å². The van der Waals surface area contributed by atoms with Crippen LogP contribution in [0.4, 0.5) is 11.4 Å². The second kappa shape index (κ2) is 5.87. The number of hydrogen-bond donors (Lipinski definition) is 0. The van der Waals surface area contributed by atoms with E-state index < -0.39 is 19.5 Å². The summed E-state index contributed by atoms with van der Waals surface area (Å²) in [6.45, 7) is 6.16. The molecule has 0 bridgehead atoms. The minimum atomic E-state index is -3.18. The van der Waals surface area contributed by atoms with E-state index >= 15 is 0 Å². The molecule has 0 unspecified atom stereocenters. The fraction of sp³-hybridized carbons (Fsp3) is 0.600. The van der Waals surface area contributed by atoms with E-state index in [9.17, 15) is 18.5 Å². The Kier molecular flexibility index (Phi) is 4.47. The summed E-state index contributed by atoms with van der Waals surface area (Å²) in [4.78, 5) is 12.8. The molecule has 22 heavy (non-hydrogen) atoms. The summed E-state index contributed by atoms with van der Waals surface area (Å²) in [5.41, 5.74) is 1.37. The van der Waals surface area contributed by atoms with E-state index in [1.54, 1.807) is 13.0 Å². The lowest BCUT2D eigenvalue weighted by Gasteiger charge is -2.42. The fourth-order valence-electron chi connectivity index (χ4n) is 3.14. The standard InChI is InChI=1S/C15H22N2O4S/c1-4-15(5-2)11-16(8-9-22(15,20)21)13-7-6-12(3)10-14(13)17(18)19/h6-7,10H,4-5,8-9,11H2,1-3H3. The Morgan fingerprint density at radius 2 is 1.95 bits per heavy atom. The molecule has 1 heterocycles. The third-order valence-corrected chi connectivity index (χ3v) is 7.47. The van der Waals surface area contributed by atoms with E-state index in [0.717, 1.165) is 5.56 Å². The van der Waals surface area contributed by atoms with Crippen LogP contribution in [0.1, 0.15) is 32.3 Å². The molecular formula is C15H22N2O4S. The van der Waals surface area contributed by atoms with Crippen molar-refractivity contribution >= 4 is 21.2 Å². The van der Waals surface area contributed by atoms with Crippen LogP contribution in [0, 0.1) is 17.0 Å². The Labute approximate surface area is 131 Å². The van der Waals surface area contributed by atoms with Gasteiger partial charge in [0.1, 0.15) is 5.69 Å². The molecule has 1 aliphatic rings. The van der Waals surface area contributed by atoms with Crippen LogP contribution in [-0.4, -0.2) is 36.9 Å². The Bertz CT molecular complexity index is 681. The van der Waals surface area contributed by atoms with Crippen molar-refractivity contribution in [3.8, 4) is 0 Å². The molecule has 6 nitrogen and oxygen atoms in total. The number of anilines is 1. The van der Waals surface area contributed by atoms with Gasteiger partial charge < -0.3 is 4.90 Å². The van der Waals surface area contributed by atoms with Crippen LogP contribution in [0.25, 0.3) is 0 Å². The van der Waals surface area contributed by atoms with Crippen LogP contribution in [0.5, 0.6) is 0 Å². The first kappa shape index (κ1) is 16.7. The summed E-state index contributed by atoms with van der Waals surface area (Å²) in [6.07, 6.45) is 1.03. The third kappa shape index (κ3) is 2.69. The summed E-state index contributed by atoms with van der Waals surface area (Å²) in [5, 5.41) is 11.3. The normalized spacial score (nSPS) is 19.9. The second-order valence-electron chi connectivity index (χ2n) is 5.88. The van der Waals surface area contributed by atoms with E-state index in [2.05, 4.69) is 0 Å². The van der Waals surface area contributed by atoms with Gasteiger partial charge in [-0.05, 0) is 31.4 Å². The zero-order valence-corrected chi connectivity index (χ0v) is 14.0. The molecule has 0 amide bonds. The van der Waals surface area contributed by atoms with Gasteiger partial charge >= 0.3 is 0 Å². The van der Waals surface area contributed by atoms with E-state index in [1.165, 1.54) is 6.07 Å². The van der Waals surface area contributed by atoms with Gasteiger partial charge in [0.15, 0.2) is 9.84 Å². The van der Waals surface area contributed by atoms with Crippen LogP contribution < -0.4 is 4.90 Å². The Morgan fingerprint density at radius 3 is 2.50 bits per heavy atom. The Hall–Kier alpha value is -1.63. The highest BCUT2D eigenvalue weighted by Crippen LogP contribution is 2.37. The summed E-state index contributed by atoms with van der Waals surface area (Å²) >= 11 is 0. The van der Waals surface area contributed by atoms with Crippen LogP contribution in [0.3, 0.4) is 0 Å². The van der Waals surface area contributed by atoms with Crippen molar-refractivity contribution in [2.24, 2.45) is 0 Å². The number of benzene rings is 1. The molecule has 1 aromatic rings. The fourth-order valence-corrected chi connectivity index (χ4v) is 5.26. The second-order valence-corrected chi connectivity index (χ2v) is 8.38. The van der Waals surface area contributed by atoms with Gasteiger partial charge in [0.25, 0.3) is 5.69 Å². The van der Waals surface area contributed by atoms with Crippen molar-refractivity contribution < 1.29 is 13.3 Å². The van der Waals surface area contributed by atoms with Crippen molar-refractivity contribution in [3.05, 3.63) is 33.9 Å². The first-order valence-corrected chi connectivity index (χ1v) is 9.14. The summed E-state index contributed by atoms with van der Waals surface area (Å²) < 4.78 is 24.1. The van der Waals surface area contributed by atoms with E-state index in [4.69, 9.17) is 0 Å². The molecule has 0 aliphatic carbocycles. The lowest BCUT2D eigenvalue weighted by molar-refractivity contribution is -0.384.